The maximum Gasteiger partial charge on any atom is 0.263 e. The van der Waals surface area contributed by atoms with Crippen molar-refractivity contribution in [2.45, 2.75) is 43.8 Å². The molecule has 1 N–H and O–H groups in total. The lowest BCUT2D eigenvalue weighted by molar-refractivity contribution is -0.139. The minimum atomic E-state index is -0.699. The summed E-state index contributed by atoms with van der Waals surface area (Å²) in [6.07, 6.45) is 3.85. The van der Waals surface area contributed by atoms with Crippen molar-refractivity contribution in [1.29, 1.82) is 0 Å². The summed E-state index contributed by atoms with van der Waals surface area (Å²) < 4.78 is 5.71. The monoisotopic (exact) mass is 275 g/mol. The molecule has 1 heterocycles. The SMILES string of the molecule is CN(CC1(O)CCCC1)C(=O)C1Cc2ccccc2O1. The van der Waals surface area contributed by atoms with Crippen LogP contribution in [0.1, 0.15) is 31.2 Å². The van der Waals surface area contributed by atoms with Gasteiger partial charge in [0.2, 0.25) is 0 Å². The van der Waals surface area contributed by atoms with Crippen molar-refractivity contribution in [3.05, 3.63) is 29.8 Å². The van der Waals surface area contributed by atoms with E-state index >= 15 is 0 Å². The molecular weight excluding hydrogens is 254 g/mol. The maximum atomic E-state index is 12.4. The lowest BCUT2D eigenvalue weighted by atomic mass is 10.0. The number of hydrogen-bond acceptors (Lipinski definition) is 3. The van der Waals surface area contributed by atoms with Crippen molar-refractivity contribution in [2.24, 2.45) is 0 Å². The third-order valence-corrected chi connectivity index (χ3v) is 4.36. The average Bonchev–Trinajstić information content (AvgIpc) is 3.03. The van der Waals surface area contributed by atoms with E-state index in [9.17, 15) is 9.90 Å². The van der Waals surface area contributed by atoms with Gasteiger partial charge >= 0.3 is 0 Å². The predicted molar refractivity (Wildman–Crippen MR) is 75.6 cm³/mol. The zero-order valence-corrected chi connectivity index (χ0v) is 11.8. The smallest absolute Gasteiger partial charge is 0.263 e. The number of rotatable bonds is 3. The van der Waals surface area contributed by atoms with Crippen LogP contribution in [0.25, 0.3) is 0 Å². The Kier molecular flexibility index (Phi) is 3.42. The van der Waals surface area contributed by atoms with Crippen LogP contribution in [-0.4, -0.2) is 41.2 Å². The van der Waals surface area contributed by atoms with E-state index in [0.717, 1.165) is 37.0 Å². The van der Waals surface area contributed by atoms with E-state index in [0.29, 0.717) is 13.0 Å². The molecular formula is C16H21NO3. The summed E-state index contributed by atoms with van der Waals surface area (Å²) in [4.78, 5) is 14.1. The Morgan fingerprint density at radius 1 is 1.40 bits per heavy atom. The number of carbonyl (C=O) groups excluding carboxylic acids is 1. The second-order valence-corrected chi connectivity index (χ2v) is 6.04. The molecule has 0 spiro atoms. The first kappa shape index (κ1) is 13.4. The number of ether oxygens (including phenoxy) is 1. The number of nitrogens with zero attached hydrogens (tertiary/aromatic N) is 1. The van der Waals surface area contributed by atoms with Gasteiger partial charge in [-0.3, -0.25) is 4.79 Å². The number of carbonyl (C=O) groups is 1. The van der Waals surface area contributed by atoms with Crippen LogP contribution in [0.15, 0.2) is 24.3 Å². The van der Waals surface area contributed by atoms with Crippen molar-refractivity contribution < 1.29 is 14.6 Å². The molecule has 108 valence electrons. The van der Waals surface area contributed by atoms with Gasteiger partial charge in [-0.25, -0.2) is 0 Å². The highest BCUT2D eigenvalue weighted by molar-refractivity contribution is 5.82. The van der Waals surface area contributed by atoms with E-state index in [1.807, 2.05) is 24.3 Å². The Morgan fingerprint density at radius 3 is 2.80 bits per heavy atom. The van der Waals surface area contributed by atoms with Crippen LogP contribution in [0.4, 0.5) is 0 Å². The van der Waals surface area contributed by atoms with Gasteiger partial charge in [0.25, 0.3) is 5.91 Å². The predicted octanol–water partition coefficient (Wildman–Crippen LogP) is 1.75. The lowest BCUT2D eigenvalue weighted by Gasteiger charge is -2.29. The van der Waals surface area contributed by atoms with Crippen molar-refractivity contribution >= 4 is 5.91 Å². The second kappa shape index (κ2) is 5.09. The molecule has 1 fully saturated rings. The molecule has 1 aliphatic heterocycles. The van der Waals surface area contributed by atoms with Gasteiger partial charge in [-0.05, 0) is 24.5 Å². The van der Waals surface area contributed by atoms with Gasteiger partial charge in [0.05, 0.1) is 5.60 Å². The van der Waals surface area contributed by atoms with Crippen LogP contribution in [0.5, 0.6) is 5.75 Å². The summed E-state index contributed by atoms with van der Waals surface area (Å²) >= 11 is 0. The van der Waals surface area contributed by atoms with E-state index in [1.54, 1.807) is 11.9 Å². The topological polar surface area (TPSA) is 49.8 Å². The number of benzene rings is 1. The van der Waals surface area contributed by atoms with Crippen molar-refractivity contribution in [1.82, 2.24) is 4.90 Å². The highest BCUT2D eigenvalue weighted by Crippen LogP contribution is 2.32. The molecule has 4 nitrogen and oxygen atoms in total. The first-order chi connectivity index (χ1) is 9.57. The number of fused-ring (bicyclic) bond motifs is 1. The highest BCUT2D eigenvalue weighted by Gasteiger charge is 2.37. The number of para-hydroxylation sites is 1. The molecule has 1 aromatic rings. The van der Waals surface area contributed by atoms with Crippen LogP contribution in [0.2, 0.25) is 0 Å². The van der Waals surface area contributed by atoms with Gasteiger partial charge in [0.15, 0.2) is 6.10 Å². The maximum absolute atomic E-state index is 12.4. The third kappa shape index (κ3) is 2.52. The lowest BCUT2D eigenvalue weighted by Crippen LogP contribution is -2.46. The van der Waals surface area contributed by atoms with Gasteiger partial charge in [0, 0.05) is 20.0 Å². The number of hydrogen-bond donors (Lipinski definition) is 1. The van der Waals surface area contributed by atoms with E-state index in [-0.39, 0.29) is 5.91 Å². The largest absolute Gasteiger partial charge is 0.480 e. The van der Waals surface area contributed by atoms with E-state index in [4.69, 9.17) is 4.74 Å². The standard InChI is InChI=1S/C16H21NO3/c1-17(11-16(19)8-4-5-9-16)15(18)14-10-12-6-2-3-7-13(12)20-14/h2-3,6-7,14,19H,4-5,8-11H2,1H3. The summed E-state index contributed by atoms with van der Waals surface area (Å²) in [6, 6.07) is 7.76. The molecule has 20 heavy (non-hydrogen) atoms. The van der Waals surface area contributed by atoms with Crippen molar-refractivity contribution in [3.63, 3.8) is 0 Å². The summed E-state index contributed by atoms with van der Waals surface area (Å²) in [5, 5.41) is 10.4. The van der Waals surface area contributed by atoms with Crippen LogP contribution in [0, 0.1) is 0 Å². The Labute approximate surface area is 119 Å². The van der Waals surface area contributed by atoms with Gasteiger partial charge in [-0.2, -0.15) is 0 Å². The molecule has 1 unspecified atom stereocenters. The minimum absolute atomic E-state index is 0.0403. The fourth-order valence-electron chi connectivity index (χ4n) is 3.28. The first-order valence-corrected chi connectivity index (χ1v) is 7.29. The third-order valence-electron chi connectivity index (χ3n) is 4.36. The zero-order chi connectivity index (χ0) is 14.2. The highest BCUT2D eigenvalue weighted by atomic mass is 16.5. The molecule has 2 aliphatic rings. The van der Waals surface area contributed by atoms with E-state index in [2.05, 4.69) is 0 Å². The molecule has 1 atom stereocenters. The number of likely N-dealkylation sites (N-methyl/N-ethyl adjacent to an activating group) is 1. The normalized spacial score (nSPS) is 23.2. The van der Waals surface area contributed by atoms with Crippen molar-refractivity contribution in [3.8, 4) is 5.75 Å². The molecule has 1 saturated carbocycles. The molecule has 3 rings (SSSR count). The van der Waals surface area contributed by atoms with Crippen LogP contribution in [0.3, 0.4) is 0 Å². The summed E-state index contributed by atoms with van der Waals surface area (Å²) in [6.45, 7) is 0.405. The summed E-state index contributed by atoms with van der Waals surface area (Å²) in [5.74, 6) is 0.764. The number of aliphatic hydroxyl groups is 1. The first-order valence-electron chi connectivity index (χ1n) is 7.29. The minimum Gasteiger partial charge on any atom is -0.480 e. The van der Waals surface area contributed by atoms with Crippen LogP contribution in [-0.2, 0) is 11.2 Å². The van der Waals surface area contributed by atoms with Gasteiger partial charge in [0.1, 0.15) is 5.75 Å². The Balaban J connectivity index is 1.62. The van der Waals surface area contributed by atoms with Crippen LogP contribution >= 0.6 is 0 Å². The molecule has 0 saturated heterocycles. The molecule has 1 aromatic carbocycles. The van der Waals surface area contributed by atoms with Gasteiger partial charge in [-0.15, -0.1) is 0 Å². The second-order valence-electron chi connectivity index (χ2n) is 6.04. The summed E-state index contributed by atoms with van der Waals surface area (Å²) in [5.41, 5.74) is 0.384. The Bertz CT molecular complexity index is 483. The van der Waals surface area contributed by atoms with Gasteiger partial charge in [-0.1, -0.05) is 31.0 Å². The van der Waals surface area contributed by atoms with Crippen LogP contribution < -0.4 is 4.74 Å². The van der Waals surface area contributed by atoms with Crippen molar-refractivity contribution in [2.75, 3.05) is 13.6 Å². The molecule has 0 radical (unpaired) electrons. The average molecular weight is 275 g/mol. The van der Waals surface area contributed by atoms with E-state index < -0.39 is 11.7 Å². The van der Waals surface area contributed by atoms with E-state index in [1.165, 1.54) is 0 Å². The zero-order valence-electron chi connectivity index (χ0n) is 11.8. The molecule has 0 aromatic heterocycles. The molecule has 1 amide bonds. The van der Waals surface area contributed by atoms with Gasteiger partial charge < -0.3 is 14.7 Å². The number of amides is 1. The molecule has 1 aliphatic carbocycles. The molecule has 4 heteroatoms. The molecule has 0 bridgehead atoms. The Hall–Kier alpha value is -1.55. The fourth-order valence-corrected chi connectivity index (χ4v) is 3.28. The summed E-state index contributed by atoms with van der Waals surface area (Å²) in [7, 11) is 1.75. The Morgan fingerprint density at radius 2 is 2.10 bits per heavy atom. The fraction of sp³-hybridized carbons (Fsp3) is 0.562. The quantitative estimate of drug-likeness (QED) is 0.914.